The van der Waals surface area contributed by atoms with Crippen molar-refractivity contribution in [1.82, 2.24) is 0 Å². The monoisotopic (exact) mass is 308 g/mol. The summed E-state index contributed by atoms with van der Waals surface area (Å²) < 4.78 is 5.17. The molecule has 3 aromatic rings. The molecule has 0 aliphatic heterocycles. The highest BCUT2D eigenvalue weighted by molar-refractivity contribution is 6.01. The molecule has 0 spiro atoms. The van der Waals surface area contributed by atoms with Crippen LogP contribution in [0.25, 0.3) is 10.8 Å². The Hall–Kier alpha value is -3.34. The molecule has 0 fully saturated rings. The Morgan fingerprint density at radius 1 is 0.870 bits per heavy atom. The number of aromatic carboxylic acids is 1. The lowest BCUT2D eigenvalue weighted by Gasteiger charge is -2.08. The van der Waals surface area contributed by atoms with Crippen molar-refractivity contribution in [3.05, 3.63) is 71.8 Å². The molecule has 2 N–H and O–H groups in total. The molecule has 0 radical (unpaired) electrons. The van der Waals surface area contributed by atoms with Crippen molar-refractivity contribution in [2.24, 2.45) is 0 Å². The molecule has 0 saturated carbocycles. The lowest BCUT2D eigenvalue weighted by atomic mass is 10.1. The Morgan fingerprint density at radius 3 is 2.26 bits per heavy atom. The smallest absolute Gasteiger partial charge is 0.347 e. The third-order valence-electron chi connectivity index (χ3n) is 3.43. The van der Waals surface area contributed by atoms with Crippen molar-refractivity contribution in [1.29, 1.82) is 0 Å². The van der Waals surface area contributed by atoms with Crippen molar-refractivity contribution in [2.75, 3.05) is 0 Å². The lowest BCUT2D eigenvalue weighted by molar-refractivity contribution is 0.0696. The van der Waals surface area contributed by atoms with Gasteiger partial charge in [-0.2, -0.15) is 0 Å². The van der Waals surface area contributed by atoms with Gasteiger partial charge < -0.3 is 14.9 Å². The molecule has 0 aromatic heterocycles. The topological polar surface area (TPSA) is 83.8 Å². The molecular weight excluding hydrogens is 296 g/mol. The number of benzene rings is 3. The largest absolute Gasteiger partial charge is 0.506 e. The normalized spacial score (nSPS) is 10.4. The highest BCUT2D eigenvalue weighted by Crippen LogP contribution is 2.29. The number of aromatic hydroxyl groups is 1. The van der Waals surface area contributed by atoms with Gasteiger partial charge in [0.2, 0.25) is 0 Å². The molecule has 0 aliphatic carbocycles. The molecule has 0 saturated heterocycles. The van der Waals surface area contributed by atoms with Crippen LogP contribution in [-0.4, -0.2) is 22.2 Å². The number of carboxylic acids is 1. The standard InChI is InChI=1S/C18H12O5/c19-16-14-4-2-1-3-11(14)7-10-15(16)18(22)23-13-8-5-12(6-9-13)17(20)21/h1-10,19H,(H,20,21). The van der Waals surface area contributed by atoms with E-state index in [2.05, 4.69) is 0 Å². The lowest BCUT2D eigenvalue weighted by Crippen LogP contribution is -2.09. The van der Waals surface area contributed by atoms with Gasteiger partial charge >= 0.3 is 11.9 Å². The number of carbonyl (C=O) groups excluding carboxylic acids is 1. The highest BCUT2D eigenvalue weighted by atomic mass is 16.5. The zero-order chi connectivity index (χ0) is 16.4. The first-order valence-electron chi connectivity index (χ1n) is 6.82. The minimum Gasteiger partial charge on any atom is -0.506 e. The Bertz CT molecular complexity index is 897. The van der Waals surface area contributed by atoms with Crippen LogP contribution in [0, 0.1) is 0 Å². The number of carboxylic acid groups (broad SMARTS) is 1. The summed E-state index contributed by atoms with van der Waals surface area (Å²) in [6.45, 7) is 0. The molecule has 0 amide bonds. The van der Waals surface area contributed by atoms with Gasteiger partial charge in [0, 0.05) is 5.39 Å². The summed E-state index contributed by atoms with van der Waals surface area (Å²) in [6, 6.07) is 15.8. The molecule has 5 nitrogen and oxygen atoms in total. The summed E-state index contributed by atoms with van der Waals surface area (Å²) in [5.74, 6) is -1.71. The van der Waals surface area contributed by atoms with E-state index in [4.69, 9.17) is 9.84 Å². The molecule has 114 valence electrons. The molecule has 0 bridgehead atoms. The highest BCUT2D eigenvalue weighted by Gasteiger charge is 2.16. The summed E-state index contributed by atoms with van der Waals surface area (Å²) in [7, 11) is 0. The van der Waals surface area contributed by atoms with E-state index in [1.54, 1.807) is 18.2 Å². The molecule has 0 heterocycles. The predicted octanol–water partition coefficient (Wildman–Crippen LogP) is 3.46. The molecule has 5 heteroatoms. The van der Waals surface area contributed by atoms with E-state index in [-0.39, 0.29) is 22.6 Å². The van der Waals surface area contributed by atoms with Crippen LogP contribution >= 0.6 is 0 Å². The quantitative estimate of drug-likeness (QED) is 0.572. The molecule has 3 rings (SSSR count). The van der Waals surface area contributed by atoms with Crippen LogP contribution in [-0.2, 0) is 0 Å². The third-order valence-corrected chi connectivity index (χ3v) is 3.43. The van der Waals surface area contributed by atoms with Gasteiger partial charge in [-0.3, -0.25) is 0 Å². The summed E-state index contributed by atoms with van der Waals surface area (Å²) in [5, 5.41) is 20.4. The van der Waals surface area contributed by atoms with Crippen molar-refractivity contribution >= 4 is 22.7 Å². The van der Waals surface area contributed by atoms with E-state index in [0.29, 0.717) is 5.39 Å². The number of rotatable bonds is 3. The zero-order valence-electron chi connectivity index (χ0n) is 11.9. The Morgan fingerprint density at radius 2 is 1.57 bits per heavy atom. The van der Waals surface area contributed by atoms with Crippen molar-refractivity contribution in [3.63, 3.8) is 0 Å². The van der Waals surface area contributed by atoms with Gasteiger partial charge in [0.1, 0.15) is 17.1 Å². The number of hydrogen-bond donors (Lipinski definition) is 2. The zero-order valence-corrected chi connectivity index (χ0v) is 11.9. The fourth-order valence-corrected chi connectivity index (χ4v) is 2.25. The van der Waals surface area contributed by atoms with Gasteiger partial charge in [0.25, 0.3) is 0 Å². The van der Waals surface area contributed by atoms with E-state index in [0.717, 1.165) is 5.39 Å². The second kappa shape index (κ2) is 5.81. The number of carbonyl (C=O) groups is 2. The van der Waals surface area contributed by atoms with E-state index in [9.17, 15) is 14.7 Å². The minimum atomic E-state index is -1.06. The molecule has 3 aromatic carbocycles. The fourth-order valence-electron chi connectivity index (χ4n) is 2.25. The van der Waals surface area contributed by atoms with Gasteiger partial charge in [0.05, 0.1) is 5.56 Å². The maximum atomic E-state index is 12.2. The van der Waals surface area contributed by atoms with Crippen LogP contribution < -0.4 is 4.74 Å². The van der Waals surface area contributed by atoms with Crippen LogP contribution in [0.2, 0.25) is 0 Å². The number of ether oxygens (including phenoxy) is 1. The molecular formula is C18H12O5. The van der Waals surface area contributed by atoms with E-state index < -0.39 is 11.9 Å². The van der Waals surface area contributed by atoms with E-state index in [1.807, 2.05) is 12.1 Å². The second-order valence-electron chi connectivity index (χ2n) is 4.90. The molecule has 0 atom stereocenters. The van der Waals surface area contributed by atoms with Crippen molar-refractivity contribution in [2.45, 2.75) is 0 Å². The number of phenols is 1. The first kappa shape index (κ1) is 14.6. The Balaban J connectivity index is 1.88. The average molecular weight is 308 g/mol. The SMILES string of the molecule is O=C(O)c1ccc(OC(=O)c2ccc3ccccc3c2O)cc1. The number of esters is 1. The molecule has 0 aliphatic rings. The van der Waals surface area contributed by atoms with Gasteiger partial charge in [-0.25, -0.2) is 9.59 Å². The third kappa shape index (κ3) is 2.85. The first-order valence-corrected chi connectivity index (χ1v) is 6.82. The van der Waals surface area contributed by atoms with Crippen LogP contribution in [0.3, 0.4) is 0 Å². The van der Waals surface area contributed by atoms with Crippen LogP contribution in [0.4, 0.5) is 0 Å². The summed E-state index contributed by atoms with van der Waals surface area (Å²) >= 11 is 0. The van der Waals surface area contributed by atoms with Crippen LogP contribution in [0.5, 0.6) is 11.5 Å². The number of fused-ring (bicyclic) bond motifs is 1. The van der Waals surface area contributed by atoms with E-state index >= 15 is 0 Å². The predicted molar refractivity (Wildman–Crippen MR) is 84.0 cm³/mol. The van der Waals surface area contributed by atoms with Gasteiger partial charge in [-0.05, 0) is 35.7 Å². The average Bonchev–Trinajstić information content (AvgIpc) is 2.56. The maximum absolute atomic E-state index is 12.2. The fraction of sp³-hybridized carbons (Fsp3) is 0. The van der Waals surface area contributed by atoms with Crippen molar-refractivity contribution in [3.8, 4) is 11.5 Å². The molecule has 0 unspecified atom stereocenters. The summed E-state index contributed by atoms with van der Waals surface area (Å²) in [5.41, 5.74) is 0.143. The van der Waals surface area contributed by atoms with Gasteiger partial charge in [-0.15, -0.1) is 0 Å². The van der Waals surface area contributed by atoms with Crippen LogP contribution in [0.1, 0.15) is 20.7 Å². The molecule has 23 heavy (non-hydrogen) atoms. The van der Waals surface area contributed by atoms with Crippen LogP contribution in [0.15, 0.2) is 60.7 Å². The number of hydrogen-bond acceptors (Lipinski definition) is 4. The summed E-state index contributed by atoms with van der Waals surface area (Å²) in [4.78, 5) is 23.0. The van der Waals surface area contributed by atoms with Crippen molar-refractivity contribution < 1.29 is 24.5 Å². The van der Waals surface area contributed by atoms with Gasteiger partial charge in [0.15, 0.2) is 0 Å². The maximum Gasteiger partial charge on any atom is 0.347 e. The number of phenolic OH excluding ortho intramolecular Hbond substituents is 1. The minimum absolute atomic E-state index is 0.0472. The van der Waals surface area contributed by atoms with Gasteiger partial charge in [-0.1, -0.05) is 30.3 Å². The Kier molecular flexibility index (Phi) is 3.68. The summed E-state index contributed by atoms with van der Waals surface area (Å²) in [6.07, 6.45) is 0. The second-order valence-corrected chi connectivity index (χ2v) is 4.90. The Labute approximate surface area is 131 Å². The first-order chi connectivity index (χ1) is 11.1. The van der Waals surface area contributed by atoms with E-state index in [1.165, 1.54) is 30.3 Å².